The summed E-state index contributed by atoms with van der Waals surface area (Å²) in [6.07, 6.45) is -10.0. The molecule has 0 atom stereocenters. The maximum atomic E-state index is 12.6. The number of esters is 1. The number of carbonyl (C=O) groups is 1. The van der Waals surface area contributed by atoms with Gasteiger partial charge in [-0.2, -0.15) is 26.3 Å². The Bertz CT molecular complexity index is 506. The number of methoxy groups -OCH3 is 1. The lowest BCUT2D eigenvalue weighted by Gasteiger charge is -2.16. The summed E-state index contributed by atoms with van der Waals surface area (Å²) in [5.74, 6) is -1.59. The summed E-state index contributed by atoms with van der Waals surface area (Å²) in [5, 5.41) is -1.34. The number of hydrogen-bond acceptors (Lipinski definition) is 2. The predicted octanol–water partition coefficient (Wildman–Crippen LogP) is 4.16. The van der Waals surface area contributed by atoms with Crippen LogP contribution in [-0.2, 0) is 17.1 Å². The van der Waals surface area contributed by atoms with Gasteiger partial charge in [-0.25, -0.2) is 4.79 Å². The van der Waals surface area contributed by atoms with Gasteiger partial charge in [-0.3, -0.25) is 0 Å². The van der Waals surface area contributed by atoms with Gasteiger partial charge >= 0.3 is 18.3 Å². The van der Waals surface area contributed by atoms with Crippen LogP contribution in [-0.4, -0.2) is 13.1 Å². The number of carbonyl (C=O) groups excluding carboxylic acids is 1. The highest BCUT2D eigenvalue weighted by Gasteiger charge is 2.41. The quantitative estimate of drug-likeness (QED) is 0.575. The Balaban J connectivity index is 3.65. The van der Waals surface area contributed by atoms with Gasteiger partial charge < -0.3 is 4.74 Å². The highest BCUT2D eigenvalue weighted by molar-refractivity contribution is 6.34. The fourth-order valence-electron chi connectivity index (χ4n) is 1.33. The molecule has 19 heavy (non-hydrogen) atoms. The highest BCUT2D eigenvalue weighted by Crippen LogP contribution is 2.42. The molecule has 0 unspecified atom stereocenters. The molecular weight excluding hydrogens is 302 g/mol. The second kappa shape index (κ2) is 4.92. The lowest BCUT2D eigenvalue weighted by Crippen LogP contribution is -2.18. The largest absolute Gasteiger partial charge is 0.465 e. The number of hydrogen-bond donors (Lipinski definition) is 0. The van der Waals surface area contributed by atoms with E-state index in [1.165, 1.54) is 0 Å². The molecular formula is C10H5ClF6O2. The molecule has 0 saturated heterocycles. The van der Waals surface area contributed by atoms with Crippen LogP contribution >= 0.6 is 11.6 Å². The van der Waals surface area contributed by atoms with Crippen molar-refractivity contribution in [3.8, 4) is 0 Å². The maximum absolute atomic E-state index is 12.6. The molecule has 0 amide bonds. The normalized spacial score (nSPS) is 12.4. The second-order valence-corrected chi connectivity index (χ2v) is 3.71. The molecule has 9 heteroatoms. The molecule has 0 heterocycles. The van der Waals surface area contributed by atoms with Crippen LogP contribution in [0.5, 0.6) is 0 Å². The average Bonchev–Trinajstić information content (AvgIpc) is 2.24. The highest BCUT2D eigenvalue weighted by atomic mass is 35.5. The Hall–Kier alpha value is -1.44. The topological polar surface area (TPSA) is 26.3 Å². The van der Waals surface area contributed by atoms with Crippen molar-refractivity contribution in [3.05, 3.63) is 33.8 Å². The number of ether oxygens (including phenoxy) is 1. The number of rotatable bonds is 1. The molecule has 0 bridgehead atoms. The van der Waals surface area contributed by atoms with Crippen LogP contribution in [0.25, 0.3) is 0 Å². The Labute approximate surface area is 107 Å². The molecule has 1 aromatic rings. The zero-order chi connectivity index (χ0) is 15.0. The van der Waals surface area contributed by atoms with Crippen LogP contribution in [0, 0.1) is 0 Å². The van der Waals surface area contributed by atoms with Gasteiger partial charge in [-0.1, -0.05) is 11.6 Å². The molecule has 0 aromatic heterocycles. The van der Waals surface area contributed by atoms with Crippen LogP contribution in [0.1, 0.15) is 21.5 Å². The van der Waals surface area contributed by atoms with Gasteiger partial charge in [-0.15, -0.1) is 0 Å². The van der Waals surface area contributed by atoms with E-state index in [2.05, 4.69) is 4.74 Å². The fraction of sp³-hybridized carbons (Fsp3) is 0.300. The third kappa shape index (κ3) is 3.12. The van der Waals surface area contributed by atoms with Crippen molar-refractivity contribution in [2.45, 2.75) is 12.4 Å². The Morgan fingerprint density at radius 2 is 1.47 bits per heavy atom. The number of alkyl halides is 6. The fourth-order valence-corrected chi connectivity index (χ4v) is 1.68. The zero-order valence-corrected chi connectivity index (χ0v) is 9.87. The molecule has 0 saturated carbocycles. The minimum Gasteiger partial charge on any atom is -0.465 e. The predicted molar refractivity (Wildman–Crippen MR) is 52.8 cm³/mol. The van der Waals surface area contributed by atoms with Crippen molar-refractivity contribution in [2.24, 2.45) is 0 Å². The van der Waals surface area contributed by atoms with Crippen LogP contribution in [0.4, 0.5) is 26.3 Å². The van der Waals surface area contributed by atoms with Crippen LogP contribution in [0.15, 0.2) is 12.1 Å². The minimum absolute atomic E-state index is 0.140. The van der Waals surface area contributed by atoms with E-state index in [1.54, 1.807) is 0 Å². The molecule has 0 N–H and O–H groups in total. The van der Waals surface area contributed by atoms with Crippen LogP contribution in [0.3, 0.4) is 0 Å². The van der Waals surface area contributed by atoms with Gasteiger partial charge in [0.05, 0.1) is 28.8 Å². The van der Waals surface area contributed by atoms with Gasteiger partial charge in [0.25, 0.3) is 0 Å². The summed E-state index contributed by atoms with van der Waals surface area (Å²) in [4.78, 5) is 11.2. The van der Waals surface area contributed by atoms with Crippen molar-refractivity contribution in [1.29, 1.82) is 0 Å². The molecule has 1 aromatic carbocycles. The molecule has 2 nitrogen and oxygen atoms in total. The summed E-state index contributed by atoms with van der Waals surface area (Å²) < 4.78 is 79.4. The van der Waals surface area contributed by atoms with E-state index in [1.807, 2.05) is 0 Å². The Morgan fingerprint density at radius 3 is 1.84 bits per heavy atom. The SMILES string of the molecule is COC(=O)c1c(C(F)(F)F)ccc(C(F)(F)F)c1Cl. The smallest absolute Gasteiger partial charge is 0.417 e. The van der Waals surface area contributed by atoms with Gasteiger partial charge in [-0.05, 0) is 12.1 Å². The first-order valence-corrected chi connectivity index (χ1v) is 4.93. The van der Waals surface area contributed by atoms with Crippen molar-refractivity contribution < 1.29 is 35.9 Å². The summed E-state index contributed by atoms with van der Waals surface area (Å²) in [7, 11) is 0.735. The second-order valence-electron chi connectivity index (χ2n) is 3.34. The summed E-state index contributed by atoms with van der Waals surface area (Å²) in [6.45, 7) is 0. The first kappa shape index (κ1) is 15.6. The van der Waals surface area contributed by atoms with E-state index in [0.29, 0.717) is 0 Å². The van der Waals surface area contributed by atoms with Crippen molar-refractivity contribution in [1.82, 2.24) is 0 Å². The molecule has 0 aliphatic rings. The van der Waals surface area contributed by atoms with E-state index >= 15 is 0 Å². The van der Waals surface area contributed by atoms with Gasteiger partial charge in [0, 0.05) is 0 Å². The minimum atomic E-state index is -5.03. The average molecular weight is 307 g/mol. The first-order chi connectivity index (χ1) is 8.50. The lowest BCUT2D eigenvalue weighted by molar-refractivity contribution is -0.141. The molecule has 106 valence electrons. The van der Waals surface area contributed by atoms with E-state index in [0.717, 1.165) is 7.11 Å². The van der Waals surface area contributed by atoms with E-state index in [9.17, 15) is 31.1 Å². The Morgan fingerprint density at radius 1 is 1.05 bits per heavy atom. The van der Waals surface area contributed by atoms with Crippen LogP contribution < -0.4 is 0 Å². The van der Waals surface area contributed by atoms with E-state index < -0.39 is 40.0 Å². The molecule has 0 radical (unpaired) electrons. The van der Waals surface area contributed by atoms with Crippen molar-refractivity contribution in [3.63, 3.8) is 0 Å². The molecule has 0 aliphatic heterocycles. The third-order valence-corrected chi connectivity index (χ3v) is 2.53. The standard InChI is InChI=1S/C10H5ClF6O2/c1-19-8(18)6-4(9(12,13)14)2-3-5(7(6)11)10(15,16)17/h2-3H,1H3. The molecule has 0 aliphatic carbocycles. The first-order valence-electron chi connectivity index (χ1n) is 4.55. The van der Waals surface area contributed by atoms with Gasteiger partial charge in [0.15, 0.2) is 0 Å². The number of benzene rings is 1. The third-order valence-electron chi connectivity index (χ3n) is 2.14. The molecule has 1 rings (SSSR count). The van der Waals surface area contributed by atoms with Gasteiger partial charge in [0.2, 0.25) is 0 Å². The van der Waals surface area contributed by atoms with Crippen molar-refractivity contribution in [2.75, 3.05) is 7.11 Å². The van der Waals surface area contributed by atoms with Gasteiger partial charge in [0.1, 0.15) is 0 Å². The summed E-state index contributed by atoms with van der Waals surface area (Å²) >= 11 is 5.26. The maximum Gasteiger partial charge on any atom is 0.417 e. The van der Waals surface area contributed by atoms with Crippen molar-refractivity contribution >= 4 is 17.6 Å². The zero-order valence-electron chi connectivity index (χ0n) is 9.12. The summed E-state index contributed by atoms with van der Waals surface area (Å²) in [6, 6.07) is 0.304. The van der Waals surface area contributed by atoms with E-state index in [-0.39, 0.29) is 12.1 Å². The monoisotopic (exact) mass is 306 g/mol. The molecule has 0 fully saturated rings. The lowest BCUT2D eigenvalue weighted by atomic mass is 10.0. The summed E-state index contributed by atoms with van der Waals surface area (Å²) in [5.41, 5.74) is -4.48. The molecule has 0 spiro atoms. The Kier molecular flexibility index (Phi) is 4.04. The van der Waals surface area contributed by atoms with Crippen LogP contribution in [0.2, 0.25) is 5.02 Å². The van der Waals surface area contributed by atoms with E-state index in [4.69, 9.17) is 11.6 Å². The number of halogens is 7.